The predicted molar refractivity (Wildman–Crippen MR) is 118 cm³/mol. The summed E-state index contributed by atoms with van der Waals surface area (Å²) in [7, 11) is -2.58. The Morgan fingerprint density at radius 2 is 1.71 bits per heavy atom. The maximum Gasteiger partial charge on any atom is 0.338 e. The number of sulfonamides is 1. The summed E-state index contributed by atoms with van der Waals surface area (Å²) in [6.45, 7) is 4.15. The molecular weight excluding hydrogens is 416 g/mol. The Bertz CT molecular complexity index is 1320. The van der Waals surface area contributed by atoms with E-state index in [1.54, 1.807) is 0 Å². The van der Waals surface area contributed by atoms with Crippen LogP contribution >= 0.6 is 0 Å². The SMILES string of the molecule is CNS(=O)(=O)c1cc2c(c(C(=O)O)c1)Nc1ccc(Cc3ccc(C)c(C)c3)cc1O2. The zero-order chi connectivity index (χ0) is 22.3. The first-order valence-corrected chi connectivity index (χ1v) is 11.1. The normalized spacial score (nSPS) is 12.4. The van der Waals surface area contributed by atoms with Gasteiger partial charge in [-0.15, -0.1) is 0 Å². The molecule has 4 rings (SSSR count). The van der Waals surface area contributed by atoms with Crippen LogP contribution in [0.1, 0.15) is 32.6 Å². The molecule has 0 atom stereocenters. The third-order valence-corrected chi connectivity index (χ3v) is 6.78. The van der Waals surface area contributed by atoms with E-state index in [9.17, 15) is 18.3 Å². The van der Waals surface area contributed by atoms with Crippen molar-refractivity contribution in [2.75, 3.05) is 12.4 Å². The van der Waals surface area contributed by atoms with E-state index in [0.29, 0.717) is 17.9 Å². The Hall–Kier alpha value is -3.36. The maximum atomic E-state index is 12.2. The van der Waals surface area contributed by atoms with Crippen molar-refractivity contribution in [2.24, 2.45) is 0 Å². The Morgan fingerprint density at radius 1 is 1.00 bits per heavy atom. The van der Waals surface area contributed by atoms with Gasteiger partial charge in [-0.05, 0) is 67.8 Å². The maximum absolute atomic E-state index is 12.2. The number of hydrogen-bond acceptors (Lipinski definition) is 5. The van der Waals surface area contributed by atoms with Crippen LogP contribution in [0.15, 0.2) is 53.4 Å². The molecule has 1 aliphatic rings. The highest BCUT2D eigenvalue weighted by molar-refractivity contribution is 7.89. The Labute approximate surface area is 180 Å². The summed E-state index contributed by atoms with van der Waals surface area (Å²) < 4.78 is 32.6. The van der Waals surface area contributed by atoms with Crippen molar-refractivity contribution >= 4 is 27.4 Å². The topological polar surface area (TPSA) is 105 Å². The van der Waals surface area contributed by atoms with Crippen LogP contribution < -0.4 is 14.8 Å². The molecule has 3 aromatic carbocycles. The van der Waals surface area contributed by atoms with Crippen LogP contribution in [0.4, 0.5) is 11.4 Å². The number of anilines is 2. The van der Waals surface area contributed by atoms with Crippen LogP contribution in [-0.4, -0.2) is 26.5 Å². The molecule has 1 heterocycles. The molecule has 0 fully saturated rings. The van der Waals surface area contributed by atoms with Gasteiger partial charge in [-0.2, -0.15) is 0 Å². The monoisotopic (exact) mass is 438 g/mol. The minimum Gasteiger partial charge on any atom is -0.478 e. The van der Waals surface area contributed by atoms with E-state index in [1.165, 1.54) is 29.8 Å². The summed E-state index contributed by atoms with van der Waals surface area (Å²) in [5, 5.41) is 12.7. The van der Waals surface area contributed by atoms with Gasteiger partial charge in [0.1, 0.15) is 0 Å². The van der Waals surface area contributed by atoms with E-state index in [-0.39, 0.29) is 21.9 Å². The molecular formula is C23H22N2O5S. The van der Waals surface area contributed by atoms with E-state index in [2.05, 4.69) is 42.1 Å². The summed E-state index contributed by atoms with van der Waals surface area (Å²) >= 11 is 0. The zero-order valence-electron chi connectivity index (χ0n) is 17.3. The predicted octanol–water partition coefficient (Wildman–Crippen LogP) is 4.35. The van der Waals surface area contributed by atoms with Crippen molar-refractivity contribution in [3.8, 4) is 11.5 Å². The van der Waals surface area contributed by atoms with Crippen LogP contribution in [-0.2, 0) is 16.4 Å². The lowest BCUT2D eigenvalue weighted by Gasteiger charge is -2.24. The lowest BCUT2D eigenvalue weighted by atomic mass is 10.00. The summed E-state index contributed by atoms with van der Waals surface area (Å²) in [6, 6.07) is 14.4. The number of carbonyl (C=O) groups is 1. The highest BCUT2D eigenvalue weighted by Crippen LogP contribution is 2.45. The molecule has 31 heavy (non-hydrogen) atoms. The number of carboxylic acid groups (broad SMARTS) is 1. The van der Waals surface area contributed by atoms with Crippen LogP contribution in [0.3, 0.4) is 0 Å². The van der Waals surface area contributed by atoms with Crippen molar-refractivity contribution in [1.29, 1.82) is 0 Å². The Morgan fingerprint density at radius 3 is 2.39 bits per heavy atom. The van der Waals surface area contributed by atoms with Crippen LogP contribution in [0, 0.1) is 13.8 Å². The molecule has 0 saturated heterocycles. The fourth-order valence-electron chi connectivity index (χ4n) is 3.51. The number of carboxylic acids is 1. The summed E-state index contributed by atoms with van der Waals surface area (Å²) in [5.74, 6) is -0.607. The fraction of sp³-hybridized carbons (Fsp3) is 0.174. The first-order chi connectivity index (χ1) is 14.7. The van der Waals surface area contributed by atoms with Crippen LogP contribution in [0.5, 0.6) is 11.5 Å². The first-order valence-electron chi connectivity index (χ1n) is 9.67. The quantitative estimate of drug-likeness (QED) is 0.428. The molecule has 0 amide bonds. The van der Waals surface area contributed by atoms with Gasteiger partial charge in [0.15, 0.2) is 11.5 Å². The van der Waals surface area contributed by atoms with E-state index in [1.807, 2.05) is 18.2 Å². The van der Waals surface area contributed by atoms with Gasteiger partial charge in [0, 0.05) is 6.07 Å². The van der Waals surface area contributed by atoms with Crippen molar-refractivity contribution in [3.63, 3.8) is 0 Å². The van der Waals surface area contributed by atoms with Crippen molar-refractivity contribution in [1.82, 2.24) is 4.72 Å². The van der Waals surface area contributed by atoms with Crippen molar-refractivity contribution in [2.45, 2.75) is 25.2 Å². The van der Waals surface area contributed by atoms with Gasteiger partial charge >= 0.3 is 5.97 Å². The molecule has 0 radical (unpaired) electrons. The number of benzene rings is 3. The van der Waals surface area contributed by atoms with Gasteiger partial charge in [-0.1, -0.05) is 24.3 Å². The van der Waals surface area contributed by atoms with E-state index < -0.39 is 16.0 Å². The number of nitrogens with one attached hydrogen (secondary N) is 2. The number of aromatic carboxylic acids is 1. The lowest BCUT2D eigenvalue weighted by Crippen LogP contribution is -2.20. The second-order valence-corrected chi connectivity index (χ2v) is 9.40. The van der Waals surface area contributed by atoms with Gasteiger partial charge in [0.2, 0.25) is 10.0 Å². The molecule has 8 heteroatoms. The van der Waals surface area contributed by atoms with E-state index >= 15 is 0 Å². The van der Waals surface area contributed by atoms with Crippen molar-refractivity contribution < 1.29 is 23.1 Å². The molecule has 0 saturated carbocycles. The smallest absolute Gasteiger partial charge is 0.338 e. The van der Waals surface area contributed by atoms with Gasteiger partial charge < -0.3 is 15.2 Å². The molecule has 3 N–H and O–H groups in total. The molecule has 1 aliphatic heterocycles. The Balaban J connectivity index is 1.71. The minimum absolute atomic E-state index is 0.143. The van der Waals surface area contributed by atoms with Gasteiger partial charge in [0.25, 0.3) is 0 Å². The van der Waals surface area contributed by atoms with Crippen LogP contribution in [0.25, 0.3) is 0 Å². The third-order valence-electron chi connectivity index (χ3n) is 5.39. The van der Waals surface area contributed by atoms with E-state index in [0.717, 1.165) is 11.6 Å². The largest absolute Gasteiger partial charge is 0.478 e. The number of hydrogen-bond donors (Lipinski definition) is 3. The molecule has 0 bridgehead atoms. The number of ether oxygens (including phenoxy) is 1. The minimum atomic E-state index is -3.84. The van der Waals surface area contributed by atoms with Gasteiger partial charge in [-0.3, -0.25) is 0 Å². The van der Waals surface area contributed by atoms with Crippen molar-refractivity contribution in [3.05, 3.63) is 76.3 Å². The highest BCUT2D eigenvalue weighted by Gasteiger charge is 2.27. The summed E-state index contributed by atoms with van der Waals surface area (Å²) in [5.41, 5.74) is 5.30. The van der Waals surface area contributed by atoms with E-state index in [4.69, 9.17) is 4.74 Å². The molecule has 3 aromatic rings. The Kier molecular flexibility index (Phi) is 5.20. The second kappa shape index (κ2) is 7.72. The average Bonchev–Trinajstić information content (AvgIpc) is 2.74. The first kappa shape index (κ1) is 20.9. The number of fused-ring (bicyclic) bond motifs is 2. The molecule has 0 unspecified atom stereocenters. The fourth-order valence-corrected chi connectivity index (χ4v) is 4.28. The third kappa shape index (κ3) is 3.99. The van der Waals surface area contributed by atoms with Gasteiger partial charge in [0.05, 0.1) is 21.8 Å². The molecule has 160 valence electrons. The summed E-state index contributed by atoms with van der Waals surface area (Å²) in [4.78, 5) is 11.6. The zero-order valence-corrected chi connectivity index (χ0v) is 18.1. The summed E-state index contributed by atoms with van der Waals surface area (Å²) in [6.07, 6.45) is 0.708. The second-order valence-electron chi connectivity index (χ2n) is 7.51. The molecule has 0 aliphatic carbocycles. The number of rotatable bonds is 5. The average molecular weight is 439 g/mol. The lowest BCUT2D eigenvalue weighted by molar-refractivity contribution is 0.0697. The van der Waals surface area contributed by atoms with Gasteiger partial charge in [-0.25, -0.2) is 17.9 Å². The molecule has 7 nitrogen and oxygen atoms in total. The molecule has 0 spiro atoms. The highest BCUT2D eigenvalue weighted by atomic mass is 32.2. The standard InChI is InChI=1S/C23H22N2O5S/c1-13-4-5-15(8-14(13)2)9-16-6-7-19-20(10-16)30-21-12-17(31(28,29)24-3)11-18(23(26)27)22(21)25-19/h4-8,10-12,24-25H,9H2,1-3H3,(H,26,27). The molecule has 0 aromatic heterocycles. The van der Waals surface area contributed by atoms with Crippen LogP contribution in [0.2, 0.25) is 0 Å². The number of aryl methyl sites for hydroxylation is 2.